The van der Waals surface area contributed by atoms with E-state index in [0.717, 1.165) is 5.56 Å². The van der Waals surface area contributed by atoms with E-state index in [-0.39, 0.29) is 17.9 Å². The third-order valence-electron chi connectivity index (χ3n) is 3.42. The molecular weight excluding hydrogens is 296 g/mol. The van der Waals surface area contributed by atoms with Crippen LogP contribution in [0.4, 0.5) is 5.69 Å². The first-order chi connectivity index (χ1) is 11.0. The first-order valence-corrected chi connectivity index (χ1v) is 7.21. The van der Waals surface area contributed by atoms with Crippen molar-refractivity contribution in [1.29, 1.82) is 0 Å². The summed E-state index contributed by atoms with van der Waals surface area (Å²) in [5.41, 5.74) is 1.71. The number of aryl methyl sites for hydroxylation is 1. The van der Waals surface area contributed by atoms with Gasteiger partial charge in [0.25, 0.3) is 11.6 Å². The van der Waals surface area contributed by atoms with Crippen LogP contribution in [-0.2, 0) is 6.42 Å². The Hall–Kier alpha value is -2.73. The first-order valence-electron chi connectivity index (χ1n) is 7.21. The summed E-state index contributed by atoms with van der Waals surface area (Å²) < 4.78 is 0. The summed E-state index contributed by atoms with van der Waals surface area (Å²) in [6.07, 6.45) is 0.483. The van der Waals surface area contributed by atoms with E-state index in [9.17, 15) is 20.0 Å². The number of non-ortho nitro benzene ring substituents is 1. The van der Waals surface area contributed by atoms with Gasteiger partial charge in [-0.15, -0.1) is 0 Å². The number of nitro benzene ring substituents is 1. The van der Waals surface area contributed by atoms with Crippen molar-refractivity contribution in [2.75, 3.05) is 6.61 Å². The molecule has 6 heteroatoms. The van der Waals surface area contributed by atoms with Crippen molar-refractivity contribution in [3.63, 3.8) is 0 Å². The Labute approximate surface area is 133 Å². The summed E-state index contributed by atoms with van der Waals surface area (Å²) in [5.74, 6) is -0.438. The smallest absolute Gasteiger partial charge is 0.270 e. The van der Waals surface area contributed by atoms with Gasteiger partial charge < -0.3 is 10.4 Å². The molecule has 0 heterocycles. The van der Waals surface area contributed by atoms with Gasteiger partial charge in [0, 0.05) is 17.7 Å². The Morgan fingerprint density at radius 2 is 1.96 bits per heavy atom. The minimum absolute atomic E-state index is 0.126. The minimum atomic E-state index is -0.530. The third kappa shape index (κ3) is 4.62. The second-order valence-electron chi connectivity index (χ2n) is 5.36. The van der Waals surface area contributed by atoms with Gasteiger partial charge in [0.05, 0.1) is 17.6 Å². The molecule has 0 aliphatic carbocycles. The van der Waals surface area contributed by atoms with Crippen molar-refractivity contribution in [2.24, 2.45) is 0 Å². The Kier molecular flexibility index (Phi) is 5.43. The number of amides is 1. The van der Waals surface area contributed by atoms with Crippen molar-refractivity contribution in [3.8, 4) is 0 Å². The summed E-state index contributed by atoms with van der Waals surface area (Å²) in [6, 6.07) is 13.2. The normalized spacial score (nSPS) is 11.7. The number of nitro groups is 1. The molecular formula is C17H18N2O4. The van der Waals surface area contributed by atoms with E-state index in [2.05, 4.69) is 5.32 Å². The lowest BCUT2D eigenvalue weighted by Crippen LogP contribution is -2.39. The maximum Gasteiger partial charge on any atom is 0.270 e. The van der Waals surface area contributed by atoms with Gasteiger partial charge in [-0.1, -0.05) is 30.3 Å². The summed E-state index contributed by atoms with van der Waals surface area (Å²) >= 11 is 0. The zero-order valence-corrected chi connectivity index (χ0v) is 12.7. The van der Waals surface area contributed by atoms with Gasteiger partial charge in [-0.25, -0.2) is 0 Å². The maximum atomic E-state index is 12.3. The zero-order valence-electron chi connectivity index (χ0n) is 12.7. The van der Waals surface area contributed by atoms with Gasteiger partial charge in [-0.2, -0.15) is 0 Å². The van der Waals surface area contributed by atoms with Gasteiger partial charge in [0.15, 0.2) is 0 Å². The Bertz CT molecular complexity index is 701. The molecule has 0 aliphatic rings. The highest BCUT2D eigenvalue weighted by Gasteiger charge is 2.17. The van der Waals surface area contributed by atoms with Crippen LogP contribution < -0.4 is 5.32 Å². The molecule has 2 aromatic rings. The highest BCUT2D eigenvalue weighted by Crippen LogP contribution is 2.17. The van der Waals surface area contributed by atoms with E-state index < -0.39 is 16.9 Å². The van der Waals surface area contributed by atoms with E-state index in [4.69, 9.17) is 0 Å². The summed E-state index contributed by atoms with van der Waals surface area (Å²) in [4.78, 5) is 22.6. The Morgan fingerprint density at radius 1 is 1.26 bits per heavy atom. The third-order valence-corrected chi connectivity index (χ3v) is 3.42. The van der Waals surface area contributed by atoms with Crippen molar-refractivity contribution in [2.45, 2.75) is 19.4 Å². The second-order valence-corrected chi connectivity index (χ2v) is 5.36. The number of benzene rings is 2. The van der Waals surface area contributed by atoms with Crippen molar-refractivity contribution in [1.82, 2.24) is 5.32 Å². The lowest BCUT2D eigenvalue weighted by atomic mass is 10.1. The molecule has 0 aliphatic heterocycles. The fourth-order valence-corrected chi connectivity index (χ4v) is 2.33. The molecule has 0 saturated carbocycles. The van der Waals surface area contributed by atoms with Crippen LogP contribution in [0.2, 0.25) is 0 Å². The number of nitrogens with one attached hydrogen (secondary N) is 1. The average Bonchev–Trinajstić information content (AvgIpc) is 2.54. The predicted molar refractivity (Wildman–Crippen MR) is 86.3 cm³/mol. The number of nitrogens with zero attached hydrogens (tertiary/aromatic N) is 1. The summed E-state index contributed by atoms with van der Waals surface area (Å²) in [5, 5.41) is 23.1. The fourth-order valence-electron chi connectivity index (χ4n) is 2.33. The van der Waals surface area contributed by atoms with Crippen LogP contribution in [0.1, 0.15) is 21.5 Å². The van der Waals surface area contributed by atoms with Crippen molar-refractivity contribution >= 4 is 11.6 Å². The van der Waals surface area contributed by atoms with Gasteiger partial charge in [0.1, 0.15) is 0 Å². The maximum absolute atomic E-state index is 12.3. The standard InChI is InChI=1S/C17H18N2O4/c1-12-7-14(10-16(8-12)19(22)23)17(21)18-15(11-20)9-13-5-3-2-4-6-13/h2-8,10,15,20H,9,11H2,1H3,(H,18,21)/t15-/m1/s1. The molecule has 0 fully saturated rings. The first kappa shape index (κ1) is 16.6. The lowest BCUT2D eigenvalue weighted by molar-refractivity contribution is -0.384. The number of hydrogen-bond donors (Lipinski definition) is 2. The quantitative estimate of drug-likeness (QED) is 0.631. The van der Waals surface area contributed by atoms with Crippen LogP contribution in [0.25, 0.3) is 0 Å². The van der Waals surface area contributed by atoms with E-state index in [1.807, 2.05) is 30.3 Å². The molecule has 120 valence electrons. The highest BCUT2D eigenvalue weighted by atomic mass is 16.6. The van der Waals surface area contributed by atoms with Crippen LogP contribution >= 0.6 is 0 Å². The SMILES string of the molecule is Cc1cc(C(=O)N[C@@H](CO)Cc2ccccc2)cc([N+](=O)[O-])c1. The summed E-state index contributed by atoms with van der Waals surface area (Å²) in [6.45, 7) is 1.48. The van der Waals surface area contributed by atoms with E-state index in [0.29, 0.717) is 12.0 Å². The van der Waals surface area contributed by atoms with E-state index >= 15 is 0 Å². The number of aliphatic hydroxyl groups is 1. The molecule has 0 bridgehead atoms. The van der Waals surface area contributed by atoms with Crippen LogP contribution in [0, 0.1) is 17.0 Å². The van der Waals surface area contributed by atoms with Crippen LogP contribution in [0.5, 0.6) is 0 Å². The Balaban J connectivity index is 2.12. The molecule has 2 N–H and O–H groups in total. The molecule has 2 rings (SSSR count). The molecule has 0 spiro atoms. The average molecular weight is 314 g/mol. The molecule has 23 heavy (non-hydrogen) atoms. The topological polar surface area (TPSA) is 92.5 Å². The molecule has 0 aromatic heterocycles. The molecule has 2 aromatic carbocycles. The van der Waals surface area contributed by atoms with Crippen LogP contribution in [0.3, 0.4) is 0 Å². The van der Waals surface area contributed by atoms with Crippen LogP contribution in [-0.4, -0.2) is 28.6 Å². The molecule has 0 unspecified atom stereocenters. The fraction of sp³-hybridized carbons (Fsp3) is 0.235. The van der Waals surface area contributed by atoms with Gasteiger partial charge in [-0.05, 0) is 30.5 Å². The van der Waals surface area contributed by atoms with E-state index in [1.165, 1.54) is 12.1 Å². The van der Waals surface area contributed by atoms with Crippen molar-refractivity contribution < 1.29 is 14.8 Å². The number of rotatable bonds is 6. The van der Waals surface area contributed by atoms with Crippen molar-refractivity contribution in [3.05, 3.63) is 75.3 Å². The predicted octanol–water partition coefficient (Wildman–Crippen LogP) is 2.24. The molecule has 0 saturated heterocycles. The van der Waals surface area contributed by atoms with E-state index in [1.54, 1.807) is 13.0 Å². The summed E-state index contributed by atoms with van der Waals surface area (Å²) in [7, 11) is 0. The molecule has 0 radical (unpaired) electrons. The Morgan fingerprint density at radius 3 is 2.57 bits per heavy atom. The van der Waals surface area contributed by atoms with Gasteiger partial charge in [0.2, 0.25) is 0 Å². The zero-order chi connectivity index (χ0) is 16.8. The minimum Gasteiger partial charge on any atom is -0.394 e. The van der Waals surface area contributed by atoms with Gasteiger partial charge in [-0.3, -0.25) is 14.9 Å². The number of aliphatic hydroxyl groups excluding tert-OH is 1. The lowest BCUT2D eigenvalue weighted by Gasteiger charge is -2.16. The molecule has 1 amide bonds. The monoisotopic (exact) mass is 314 g/mol. The molecule has 1 atom stereocenters. The largest absolute Gasteiger partial charge is 0.394 e. The van der Waals surface area contributed by atoms with Gasteiger partial charge >= 0.3 is 0 Å². The van der Waals surface area contributed by atoms with Crippen LogP contribution in [0.15, 0.2) is 48.5 Å². The number of hydrogen-bond acceptors (Lipinski definition) is 4. The highest BCUT2D eigenvalue weighted by molar-refractivity contribution is 5.95. The number of carbonyl (C=O) groups is 1. The second kappa shape index (κ2) is 7.51. The molecule has 6 nitrogen and oxygen atoms in total. The number of carbonyl (C=O) groups excluding carboxylic acids is 1.